The van der Waals surface area contributed by atoms with Gasteiger partial charge in [-0.2, -0.15) is 0 Å². The van der Waals surface area contributed by atoms with Crippen LogP contribution in [0.1, 0.15) is 0 Å². The maximum atomic E-state index is 12.2. The van der Waals surface area contributed by atoms with Gasteiger partial charge in [0, 0.05) is 18.1 Å². The van der Waals surface area contributed by atoms with Gasteiger partial charge in [-0.15, -0.1) is 13.2 Å². The van der Waals surface area contributed by atoms with Gasteiger partial charge in [-0.25, -0.2) is 9.97 Å². The minimum absolute atomic E-state index is 0.299. The average Bonchev–Trinajstić information content (AvgIpc) is 3.05. The topological polar surface area (TPSA) is 51.5 Å². The fourth-order valence-electron chi connectivity index (χ4n) is 2.62. The van der Waals surface area contributed by atoms with Crippen LogP contribution in [0, 0.1) is 0 Å². The number of para-hydroxylation sites is 1. The number of ether oxygens (including phenoxy) is 1. The van der Waals surface area contributed by atoms with E-state index in [0.29, 0.717) is 27.7 Å². The number of nitrogens with zero attached hydrogens (tertiary/aromatic N) is 3. The number of halogens is 4. The van der Waals surface area contributed by atoms with Crippen LogP contribution < -0.4 is 10.1 Å². The Morgan fingerprint density at radius 3 is 2.58 bits per heavy atom. The van der Waals surface area contributed by atoms with Crippen molar-refractivity contribution in [1.82, 2.24) is 14.4 Å². The van der Waals surface area contributed by atoms with Crippen molar-refractivity contribution in [3.8, 4) is 5.75 Å². The average molecular weight is 379 g/mol. The Morgan fingerprint density at radius 2 is 1.85 bits per heavy atom. The minimum atomic E-state index is -4.73. The molecule has 0 spiro atoms. The Bertz CT molecular complexity index is 1090. The summed E-state index contributed by atoms with van der Waals surface area (Å²) in [5.41, 5.74) is 2.46. The zero-order chi connectivity index (χ0) is 18.3. The van der Waals surface area contributed by atoms with E-state index in [9.17, 15) is 13.2 Å². The van der Waals surface area contributed by atoms with E-state index < -0.39 is 6.36 Å². The predicted octanol–water partition coefficient (Wildman–Crippen LogP) is 5.18. The monoisotopic (exact) mass is 378 g/mol. The molecule has 0 bridgehead atoms. The van der Waals surface area contributed by atoms with E-state index in [1.54, 1.807) is 28.9 Å². The summed E-state index contributed by atoms with van der Waals surface area (Å²) in [5.74, 6) is 0.154. The third-order valence-corrected chi connectivity index (χ3v) is 3.95. The number of aromatic nitrogens is 3. The van der Waals surface area contributed by atoms with Crippen molar-refractivity contribution < 1.29 is 17.9 Å². The SMILES string of the molecule is FC(F)(F)Oc1ccc(Nc2nc3cccc(Cl)c3n3ccnc23)cc1. The van der Waals surface area contributed by atoms with Gasteiger partial charge in [0.15, 0.2) is 11.5 Å². The zero-order valence-corrected chi connectivity index (χ0v) is 13.7. The molecule has 0 radical (unpaired) electrons. The van der Waals surface area contributed by atoms with E-state index >= 15 is 0 Å². The highest BCUT2D eigenvalue weighted by Gasteiger charge is 2.30. The highest BCUT2D eigenvalue weighted by molar-refractivity contribution is 6.35. The van der Waals surface area contributed by atoms with E-state index in [1.807, 2.05) is 6.07 Å². The van der Waals surface area contributed by atoms with Crippen molar-refractivity contribution in [2.75, 3.05) is 5.32 Å². The molecule has 0 aliphatic rings. The first-order valence-electron chi connectivity index (χ1n) is 7.45. The van der Waals surface area contributed by atoms with Crippen LogP contribution in [0.3, 0.4) is 0 Å². The fourth-order valence-corrected chi connectivity index (χ4v) is 2.88. The lowest BCUT2D eigenvalue weighted by Crippen LogP contribution is -2.17. The van der Waals surface area contributed by atoms with E-state index in [1.165, 1.54) is 24.3 Å². The number of anilines is 2. The van der Waals surface area contributed by atoms with Crippen LogP contribution in [-0.2, 0) is 0 Å². The standard InChI is InChI=1S/C17H10ClF3N4O/c18-12-2-1-3-13-14(12)25-9-8-22-16(25)15(24-13)23-10-4-6-11(7-5-10)26-17(19,20)21/h1-9H,(H,23,24). The van der Waals surface area contributed by atoms with Crippen LogP contribution in [0.15, 0.2) is 54.9 Å². The molecule has 0 amide bonds. The molecule has 0 atom stereocenters. The zero-order valence-electron chi connectivity index (χ0n) is 13.0. The number of hydrogen-bond acceptors (Lipinski definition) is 4. The Morgan fingerprint density at radius 1 is 1.08 bits per heavy atom. The number of rotatable bonds is 3. The molecule has 5 nitrogen and oxygen atoms in total. The van der Waals surface area contributed by atoms with Crippen LogP contribution in [0.2, 0.25) is 5.02 Å². The summed E-state index contributed by atoms with van der Waals surface area (Å²) < 4.78 is 42.4. The first-order chi connectivity index (χ1) is 12.4. The second-order valence-corrected chi connectivity index (χ2v) is 5.79. The molecule has 26 heavy (non-hydrogen) atoms. The lowest BCUT2D eigenvalue weighted by Gasteiger charge is -2.12. The molecule has 4 rings (SSSR count). The van der Waals surface area contributed by atoms with E-state index in [0.717, 1.165) is 5.52 Å². The van der Waals surface area contributed by atoms with Crippen LogP contribution in [-0.4, -0.2) is 20.7 Å². The van der Waals surface area contributed by atoms with Gasteiger partial charge in [0.1, 0.15) is 5.75 Å². The lowest BCUT2D eigenvalue weighted by molar-refractivity contribution is -0.274. The van der Waals surface area contributed by atoms with E-state index in [4.69, 9.17) is 11.6 Å². The maximum absolute atomic E-state index is 12.2. The summed E-state index contributed by atoms with van der Waals surface area (Å²) in [6.45, 7) is 0. The first-order valence-corrected chi connectivity index (χ1v) is 7.83. The second-order valence-electron chi connectivity index (χ2n) is 5.39. The number of benzene rings is 2. The first kappa shape index (κ1) is 16.5. The van der Waals surface area contributed by atoms with Gasteiger partial charge in [0.2, 0.25) is 0 Å². The Labute approximate surface area is 150 Å². The predicted molar refractivity (Wildman–Crippen MR) is 91.9 cm³/mol. The molecule has 0 unspecified atom stereocenters. The summed E-state index contributed by atoms with van der Waals surface area (Å²) in [7, 11) is 0. The molecule has 0 saturated heterocycles. The quantitative estimate of drug-likeness (QED) is 0.534. The fraction of sp³-hybridized carbons (Fsp3) is 0.0588. The molecule has 0 aliphatic heterocycles. The summed E-state index contributed by atoms with van der Waals surface area (Å²) in [6, 6.07) is 10.7. The molecule has 2 heterocycles. The van der Waals surface area contributed by atoms with Gasteiger partial charge in [0.05, 0.1) is 16.1 Å². The van der Waals surface area contributed by atoms with Gasteiger partial charge in [-0.3, -0.25) is 4.40 Å². The second kappa shape index (κ2) is 6.06. The summed E-state index contributed by atoms with van der Waals surface area (Å²) in [5, 5.41) is 3.60. The van der Waals surface area contributed by atoms with Crippen LogP contribution in [0.25, 0.3) is 16.7 Å². The van der Waals surface area contributed by atoms with Gasteiger partial charge in [-0.1, -0.05) is 17.7 Å². The Kier molecular flexibility index (Phi) is 3.84. The van der Waals surface area contributed by atoms with Crippen molar-refractivity contribution in [3.05, 3.63) is 59.9 Å². The van der Waals surface area contributed by atoms with Gasteiger partial charge in [0.25, 0.3) is 0 Å². The maximum Gasteiger partial charge on any atom is 0.573 e. The number of hydrogen-bond donors (Lipinski definition) is 1. The summed E-state index contributed by atoms with van der Waals surface area (Å²) in [4.78, 5) is 8.80. The highest BCUT2D eigenvalue weighted by atomic mass is 35.5. The molecular formula is C17H10ClF3N4O. The third kappa shape index (κ3) is 3.11. The van der Waals surface area contributed by atoms with Gasteiger partial charge < -0.3 is 10.1 Å². The van der Waals surface area contributed by atoms with E-state index in [2.05, 4.69) is 20.0 Å². The van der Waals surface area contributed by atoms with Gasteiger partial charge in [-0.05, 0) is 36.4 Å². The molecule has 4 aromatic rings. The van der Waals surface area contributed by atoms with E-state index in [-0.39, 0.29) is 5.75 Å². The van der Waals surface area contributed by atoms with Crippen LogP contribution >= 0.6 is 11.6 Å². The molecule has 9 heteroatoms. The summed E-state index contributed by atoms with van der Waals surface area (Å²) >= 11 is 6.26. The van der Waals surface area contributed by atoms with Crippen molar-refractivity contribution in [2.45, 2.75) is 6.36 Å². The smallest absolute Gasteiger partial charge is 0.406 e. The van der Waals surface area contributed by atoms with Crippen molar-refractivity contribution in [1.29, 1.82) is 0 Å². The van der Waals surface area contributed by atoms with Gasteiger partial charge >= 0.3 is 6.36 Å². The van der Waals surface area contributed by atoms with Crippen molar-refractivity contribution in [2.24, 2.45) is 0 Å². The Hall–Kier alpha value is -3.00. The number of imidazole rings is 1. The highest BCUT2D eigenvalue weighted by Crippen LogP contribution is 2.29. The molecule has 0 fully saturated rings. The largest absolute Gasteiger partial charge is 0.573 e. The molecular weight excluding hydrogens is 369 g/mol. The minimum Gasteiger partial charge on any atom is -0.406 e. The number of nitrogens with one attached hydrogen (secondary N) is 1. The number of alkyl halides is 3. The molecule has 132 valence electrons. The lowest BCUT2D eigenvalue weighted by atomic mass is 10.3. The molecule has 2 aromatic heterocycles. The van der Waals surface area contributed by atoms with Crippen LogP contribution in [0.5, 0.6) is 5.75 Å². The van der Waals surface area contributed by atoms with Crippen LogP contribution in [0.4, 0.5) is 24.7 Å². The summed E-state index contributed by atoms with van der Waals surface area (Å²) in [6.07, 6.45) is -1.35. The molecule has 2 aromatic carbocycles. The number of fused-ring (bicyclic) bond motifs is 3. The molecule has 1 N–H and O–H groups in total. The third-order valence-electron chi connectivity index (χ3n) is 3.64. The van der Waals surface area contributed by atoms with Crippen molar-refractivity contribution >= 4 is 39.8 Å². The normalized spacial score (nSPS) is 11.8. The Balaban J connectivity index is 1.72. The van der Waals surface area contributed by atoms with Crippen molar-refractivity contribution in [3.63, 3.8) is 0 Å². The molecule has 0 aliphatic carbocycles. The molecule has 0 saturated carbocycles.